The van der Waals surface area contributed by atoms with E-state index in [4.69, 9.17) is 10.5 Å². The number of nitrogens with zero attached hydrogens (tertiary/aromatic N) is 4. The summed E-state index contributed by atoms with van der Waals surface area (Å²) < 4.78 is 7.24. The normalized spacial score (nSPS) is 19.5. The minimum absolute atomic E-state index is 0.243. The summed E-state index contributed by atoms with van der Waals surface area (Å²) in [6.45, 7) is 1.50. The van der Waals surface area contributed by atoms with Crippen molar-refractivity contribution in [2.45, 2.75) is 18.8 Å². The molecule has 6 nitrogen and oxygen atoms in total. The first kappa shape index (κ1) is 12.1. The molecule has 2 N–H and O–H groups in total. The Hall–Kier alpha value is -1.95. The van der Waals surface area contributed by atoms with Crippen LogP contribution < -0.4 is 5.73 Å². The Bertz CT molecular complexity index is 574. The van der Waals surface area contributed by atoms with Crippen LogP contribution in [0.1, 0.15) is 24.6 Å². The van der Waals surface area contributed by atoms with Crippen molar-refractivity contribution >= 4 is 5.82 Å². The van der Waals surface area contributed by atoms with Gasteiger partial charge in [0.2, 0.25) is 0 Å². The average molecular weight is 259 g/mol. The lowest BCUT2D eigenvalue weighted by Crippen LogP contribution is -2.18. The van der Waals surface area contributed by atoms with Crippen molar-refractivity contribution in [1.82, 2.24) is 19.7 Å². The standard InChI is InChI=1S/C13H17N5O/c1-18-7-10(6-15-18)11-5-12(14)17-13(16-11)9-3-2-4-19-8-9/h5-7,9H,2-4,8H2,1H3,(H2,14,16,17). The van der Waals surface area contributed by atoms with Crippen LogP contribution in [0.4, 0.5) is 5.82 Å². The molecule has 0 aromatic carbocycles. The highest BCUT2D eigenvalue weighted by Gasteiger charge is 2.20. The van der Waals surface area contributed by atoms with Crippen LogP contribution in [0.3, 0.4) is 0 Å². The van der Waals surface area contributed by atoms with Crippen molar-refractivity contribution in [3.8, 4) is 11.3 Å². The molecule has 3 rings (SSSR count). The fourth-order valence-corrected chi connectivity index (χ4v) is 2.31. The molecule has 2 aromatic rings. The van der Waals surface area contributed by atoms with E-state index in [0.717, 1.165) is 36.5 Å². The Morgan fingerprint density at radius 1 is 1.42 bits per heavy atom. The van der Waals surface area contributed by atoms with Crippen molar-refractivity contribution in [2.75, 3.05) is 18.9 Å². The molecule has 0 spiro atoms. The van der Waals surface area contributed by atoms with Gasteiger partial charge in [-0.25, -0.2) is 9.97 Å². The second-order valence-corrected chi connectivity index (χ2v) is 4.85. The fraction of sp³-hybridized carbons (Fsp3) is 0.462. The maximum Gasteiger partial charge on any atom is 0.136 e. The van der Waals surface area contributed by atoms with Gasteiger partial charge in [0.1, 0.15) is 11.6 Å². The van der Waals surface area contributed by atoms with E-state index in [1.807, 2.05) is 13.2 Å². The Morgan fingerprint density at radius 2 is 2.32 bits per heavy atom. The molecule has 0 amide bonds. The van der Waals surface area contributed by atoms with Gasteiger partial charge in [-0.15, -0.1) is 0 Å². The van der Waals surface area contributed by atoms with Gasteiger partial charge in [0.05, 0.1) is 18.5 Å². The van der Waals surface area contributed by atoms with Gasteiger partial charge >= 0.3 is 0 Å². The first-order valence-corrected chi connectivity index (χ1v) is 6.43. The van der Waals surface area contributed by atoms with Gasteiger partial charge in [0.25, 0.3) is 0 Å². The maximum atomic E-state index is 5.89. The third kappa shape index (κ3) is 2.58. The lowest BCUT2D eigenvalue weighted by molar-refractivity contribution is 0.0781. The van der Waals surface area contributed by atoms with Gasteiger partial charge in [-0.3, -0.25) is 4.68 Å². The van der Waals surface area contributed by atoms with Crippen LogP contribution in [-0.4, -0.2) is 33.0 Å². The molecule has 19 heavy (non-hydrogen) atoms. The molecule has 100 valence electrons. The summed E-state index contributed by atoms with van der Waals surface area (Å²) in [5, 5.41) is 4.16. The Balaban J connectivity index is 1.95. The summed E-state index contributed by atoms with van der Waals surface area (Å²) in [4.78, 5) is 8.97. The fourth-order valence-electron chi connectivity index (χ4n) is 2.31. The molecule has 0 radical (unpaired) electrons. The SMILES string of the molecule is Cn1cc(-c2cc(N)nc(C3CCCOC3)n2)cn1. The monoisotopic (exact) mass is 259 g/mol. The molecule has 1 saturated heterocycles. The summed E-state index contributed by atoms with van der Waals surface area (Å²) >= 11 is 0. The number of aromatic nitrogens is 4. The zero-order chi connectivity index (χ0) is 13.2. The predicted octanol–water partition coefficient (Wildman–Crippen LogP) is 1.35. The van der Waals surface area contributed by atoms with Gasteiger partial charge < -0.3 is 10.5 Å². The molecule has 6 heteroatoms. The van der Waals surface area contributed by atoms with E-state index in [1.165, 1.54) is 0 Å². The van der Waals surface area contributed by atoms with E-state index in [0.29, 0.717) is 12.4 Å². The highest BCUT2D eigenvalue weighted by Crippen LogP contribution is 2.26. The number of nitrogens with two attached hydrogens (primary N) is 1. The summed E-state index contributed by atoms with van der Waals surface area (Å²) in [6, 6.07) is 1.78. The average Bonchev–Trinajstić information content (AvgIpc) is 2.86. The lowest BCUT2D eigenvalue weighted by Gasteiger charge is -2.21. The van der Waals surface area contributed by atoms with Gasteiger partial charge in [-0.1, -0.05) is 0 Å². The van der Waals surface area contributed by atoms with E-state index in [-0.39, 0.29) is 5.92 Å². The first-order valence-electron chi connectivity index (χ1n) is 6.43. The number of hydrogen-bond acceptors (Lipinski definition) is 5. The molecular weight excluding hydrogens is 242 g/mol. The van der Waals surface area contributed by atoms with E-state index < -0.39 is 0 Å². The Kier molecular flexibility index (Phi) is 3.16. The van der Waals surface area contributed by atoms with E-state index >= 15 is 0 Å². The van der Waals surface area contributed by atoms with Gasteiger partial charge in [-0.2, -0.15) is 5.10 Å². The molecule has 1 atom stereocenters. The highest BCUT2D eigenvalue weighted by molar-refractivity contribution is 5.60. The minimum Gasteiger partial charge on any atom is -0.384 e. The summed E-state index contributed by atoms with van der Waals surface area (Å²) in [6.07, 6.45) is 5.80. The molecule has 1 fully saturated rings. The number of rotatable bonds is 2. The third-order valence-corrected chi connectivity index (χ3v) is 3.29. The van der Waals surface area contributed by atoms with E-state index in [2.05, 4.69) is 15.1 Å². The molecule has 1 aliphatic rings. The quantitative estimate of drug-likeness (QED) is 0.880. The summed E-state index contributed by atoms with van der Waals surface area (Å²) in [5.41, 5.74) is 7.66. The summed E-state index contributed by atoms with van der Waals surface area (Å²) in [7, 11) is 1.88. The number of aryl methyl sites for hydroxylation is 1. The van der Waals surface area contributed by atoms with E-state index in [1.54, 1.807) is 16.9 Å². The molecule has 3 heterocycles. The van der Waals surface area contributed by atoms with Gasteiger partial charge in [0.15, 0.2) is 0 Å². The van der Waals surface area contributed by atoms with Crippen molar-refractivity contribution < 1.29 is 4.74 Å². The predicted molar refractivity (Wildman–Crippen MR) is 71.4 cm³/mol. The Labute approximate surface area is 111 Å². The van der Waals surface area contributed by atoms with Crippen molar-refractivity contribution in [1.29, 1.82) is 0 Å². The van der Waals surface area contributed by atoms with Crippen LogP contribution in [0.25, 0.3) is 11.3 Å². The van der Waals surface area contributed by atoms with Crippen LogP contribution in [-0.2, 0) is 11.8 Å². The first-order chi connectivity index (χ1) is 9.22. The van der Waals surface area contributed by atoms with Gasteiger partial charge in [0, 0.05) is 37.4 Å². The number of ether oxygens (including phenoxy) is 1. The number of anilines is 1. The molecule has 0 bridgehead atoms. The molecule has 0 saturated carbocycles. The summed E-state index contributed by atoms with van der Waals surface area (Å²) in [5.74, 6) is 1.51. The minimum atomic E-state index is 0.243. The van der Waals surface area contributed by atoms with Crippen LogP contribution >= 0.6 is 0 Å². The van der Waals surface area contributed by atoms with Crippen LogP contribution in [0, 0.1) is 0 Å². The Morgan fingerprint density at radius 3 is 3.00 bits per heavy atom. The van der Waals surface area contributed by atoms with Crippen molar-refractivity contribution in [2.24, 2.45) is 7.05 Å². The molecule has 1 unspecified atom stereocenters. The van der Waals surface area contributed by atoms with Crippen molar-refractivity contribution in [3.05, 3.63) is 24.3 Å². The second kappa shape index (κ2) is 4.97. The molecular formula is C13H17N5O. The second-order valence-electron chi connectivity index (χ2n) is 4.85. The van der Waals surface area contributed by atoms with Crippen LogP contribution in [0.5, 0.6) is 0 Å². The van der Waals surface area contributed by atoms with Crippen LogP contribution in [0.2, 0.25) is 0 Å². The smallest absolute Gasteiger partial charge is 0.136 e. The molecule has 2 aromatic heterocycles. The topological polar surface area (TPSA) is 78.9 Å². The zero-order valence-corrected chi connectivity index (χ0v) is 10.9. The highest BCUT2D eigenvalue weighted by atomic mass is 16.5. The number of hydrogen-bond donors (Lipinski definition) is 1. The lowest BCUT2D eigenvalue weighted by atomic mass is 10.0. The third-order valence-electron chi connectivity index (χ3n) is 3.29. The molecule has 1 aliphatic heterocycles. The largest absolute Gasteiger partial charge is 0.384 e. The van der Waals surface area contributed by atoms with Gasteiger partial charge in [-0.05, 0) is 12.8 Å². The van der Waals surface area contributed by atoms with E-state index in [9.17, 15) is 0 Å². The number of nitrogen functional groups attached to an aromatic ring is 1. The molecule has 0 aliphatic carbocycles. The zero-order valence-electron chi connectivity index (χ0n) is 10.9. The maximum absolute atomic E-state index is 5.89. The van der Waals surface area contributed by atoms with Crippen LogP contribution in [0.15, 0.2) is 18.5 Å². The van der Waals surface area contributed by atoms with Crippen molar-refractivity contribution in [3.63, 3.8) is 0 Å².